The number of nitrogens with one attached hydrogen (secondary N) is 1. The van der Waals surface area contributed by atoms with Crippen LogP contribution in [-0.2, 0) is 16.1 Å². The number of amides is 1. The molecule has 154 valence electrons. The Morgan fingerprint density at radius 1 is 1.28 bits per heavy atom. The van der Waals surface area contributed by atoms with Crippen LogP contribution in [0.5, 0.6) is 0 Å². The minimum Gasteiger partial charge on any atom is -0.383 e. The fraction of sp³-hybridized carbons (Fsp3) is 0.263. The fourth-order valence-electron chi connectivity index (χ4n) is 2.64. The molecule has 1 amide bonds. The van der Waals surface area contributed by atoms with Crippen LogP contribution < -0.4 is 5.32 Å². The molecule has 0 radical (unpaired) electrons. The number of rotatable bonds is 9. The number of carbonyl (C=O) groups excluding carboxylic acids is 1. The van der Waals surface area contributed by atoms with Crippen molar-refractivity contribution < 1.29 is 18.3 Å². The van der Waals surface area contributed by atoms with Gasteiger partial charge in [-0.05, 0) is 42.5 Å². The Hall–Kier alpha value is -1.81. The van der Waals surface area contributed by atoms with Crippen LogP contribution in [-0.4, -0.2) is 40.7 Å². The molecule has 0 aliphatic heterocycles. The van der Waals surface area contributed by atoms with Crippen molar-refractivity contribution in [3.63, 3.8) is 0 Å². The first kappa shape index (κ1) is 21.9. The number of hydrogen-bond donors (Lipinski definition) is 1. The normalized spacial score (nSPS) is 11.3. The van der Waals surface area contributed by atoms with Gasteiger partial charge < -0.3 is 14.6 Å². The third kappa shape index (κ3) is 6.08. The summed E-state index contributed by atoms with van der Waals surface area (Å²) >= 11 is 7.82. The average Bonchev–Trinajstić information content (AvgIpc) is 3.02. The Morgan fingerprint density at radius 2 is 2.03 bits per heavy atom. The van der Waals surface area contributed by atoms with Gasteiger partial charge in [-0.15, -0.1) is 0 Å². The van der Waals surface area contributed by atoms with E-state index in [4.69, 9.17) is 16.3 Å². The van der Waals surface area contributed by atoms with Crippen LogP contribution in [0.3, 0.4) is 0 Å². The van der Waals surface area contributed by atoms with Crippen molar-refractivity contribution in [3.05, 3.63) is 47.5 Å². The zero-order chi connectivity index (χ0) is 20.8. The lowest BCUT2D eigenvalue weighted by Gasteiger charge is -2.09. The van der Waals surface area contributed by atoms with Crippen LogP contribution in [0.25, 0.3) is 11.0 Å². The standard InChI is InChI=1S/C19H18ClF2N3O2S2/c1-27-9-8-25-16-7-2-12(20)10-15(16)24-19(25)28-11-17(26)23-13-3-5-14(6-4-13)29-18(21)22/h2-7,10,18H,8-9,11H2,1H3,(H,23,26). The predicted molar refractivity (Wildman–Crippen MR) is 114 cm³/mol. The summed E-state index contributed by atoms with van der Waals surface area (Å²) in [5.41, 5.74) is 2.22. The van der Waals surface area contributed by atoms with E-state index in [1.165, 1.54) is 11.8 Å². The number of anilines is 1. The molecule has 3 aromatic rings. The molecule has 0 atom stereocenters. The van der Waals surface area contributed by atoms with Crippen LogP contribution in [0.1, 0.15) is 0 Å². The largest absolute Gasteiger partial charge is 0.383 e. The predicted octanol–water partition coefficient (Wildman–Crippen LogP) is 5.38. The highest BCUT2D eigenvalue weighted by atomic mass is 35.5. The summed E-state index contributed by atoms with van der Waals surface area (Å²) in [6, 6.07) is 11.8. The van der Waals surface area contributed by atoms with Gasteiger partial charge in [0.1, 0.15) is 0 Å². The molecule has 0 aliphatic carbocycles. The number of halogens is 3. The van der Waals surface area contributed by atoms with E-state index in [-0.39, 0.29) is 11.7 Å². The van der Waals surface area contributed by atoms with Crippen molar-refractivity contribution >= 4 is 57.8 Å². The summed E-state index contributed by atoms with van der Waals surface area (Å²) in [5.74, 6) is -2.54. The average molecular weight is 458 g/mol. The quantitative estimate of drug-likeness (QED) is 0.437. The number of nitrogens with zero attached hydrogens (tertiary/aromatic N) is 2. The SMILES string of the molecule is COCCn1c(SCC(=O)Nc2ccc(SC(F)F)cc2)nc2cc(Cl)ccc21. The Kier molecular flexibility index (Phi) is 7.77. The highest BCUT2D eigenvalue weighted by Crippen LogP contribution is 2.28. The van der Waals surface area contributed by atoms with Crippen LogP contribution >= 0.6 is 35.1 Å². The molecule has 3 rings (SSSR count). The molecule has 0 fully saturated rings. The van der Waals surface area contributed by atoms with Gasteiger partial charge in [-0.2, -0.15) is 8.78 Å². The van der Waals surface area contributed by atoms with Gasteiger partial charge in [0.05, 0.1) is 23.4 Å². The van der Waals surface area contributed by atoms with Crippen LogP contribution in [0, 0.1) is 0 Å². The van der Waals surface area contributed by atoms with E-state index >= 15 is 0 Å². The number of carbonyl (C=O) groups is 1. The molecule has 1 heterocycles. The maximum Gasteiger partial charge on any atom is 0.288 e. The minimum absolute atomic E-state index is 0.150. The maximum absolute atomic E-state index is 12.4. The molecule has 0 saturated carbocycles. The monoisotopic (exact) mass is 457 g/mol. The van der Waals surface area contributed by atoms with Gasteiger partial charge >= 0.3 is 0 Å². The van der Waals surface area contributed by atoms with Gasteiger partial charge in [-0.3, -0.25) is 4.79 Å². The molecule has 0 unspecified atom stereocenters. The van der Waals surface area contributed by atoms with E-state index in [9.17, 15) is 13.6 Å². The Bertz CT molecular complexity index is 983. The lowest BCUT2D eigenvalue weighted by molar-refractivity contribution is -0.113. The van der Waals surface area contributed by atoms with Gasteiger partial charge in [-0.1, -0.05) is 35.1 Å². The highest BCUT2D eigenvalue weighted by molar-refractivity contribution is 8.00. The lowest BCUT2D eigenvalue weighted by atomic mass is 10.3. The topological polar surface area (TPSA) is 56.1 Å². The van der Waals surface area contributed by atoms with Crippen molar-refractivity contribution in [2.45, 2.75) is 22.4 Å². The van der Waals surface area contributed by atoms with Crippen molar-refractivity contribution in [1.29, 1.82) is 0 Å². The number of hydrogen-bond acceptors (Lipinski definition) is 5. The maximum atomic E-state index is 12.4. The first-order chi connectivity index (χ1) is 14.0. The van der Waals surface area contributed by atoms with Crippen molar-refractivity contribution in [1.82, 2.24) is 9.55 Å². The highest BCUT2D eigenvalue weighted by Gasteiger charge is 2.14. The van der Waals surface area contributed by atoms with E-state index in [0.29, 0.717) is 45.7 Å². The smallest absolute Gasteiger partial charge is 0.288 e. The van der Waals surface area contributed by atoms with E-state index in [1.54, 1.807) is 43.5 Å². The number of aromatic nitrogens is 2. The van der Waals surface area contributed by atoms with Crippen LogP contribution in [0.15, 0.2) is 52.5 Å². The van der Waals surface area contributed by atoms with Gasteiger partial charge in [0.15, 0.2) is 5.16 Å². The van der Waals surface area contributed by atoms with Gasteiger partial charge in [0.25, 0.3) is 5.76 Å². The summed E-state index contributed by atoms with van der Waals surface area (Å²) in [6.07, 6.45) is 0. The molecule has 1 aromatic heterocycles. The van der Waals surface area contributed by atoms with E-state index in [0.717, 1.165) is 11.0 Å². The number of ether oxygens (including phenoxy) is 1. The third-order valence-electron chi connectivity index (χ3n) is 3.89. The summed E-state index contributed by atoms with van der Waals surface area (Å²) < 4.78 is 31.9. The summed E-state index contributed by atoms with van der Waals surface area (Å²) in [6.45, 7) is 1.11. The number of fused-ring (bicyclic) bond motifs is 1. The first-order valence-electron chi connectivity index (χ1n) is 8.58. The van der Waals surface area contributed by atoms with E-state index in [1.807, 2.05) is 10.6 Å². The fourth-order valence-corrected chi connectivity index (χ4v) is 4.14. The van der Waals surface area contributed by atoms with Crippen LogP contribution in [0.4, 0.5) is 14.5 Å². The number of thioether (sulfide) groups is 2. The molecule has 2 aromatic carbocycles. The second-order valence-electron chi connectivity index (χ2n) is 5.91. The van der Waals surface area contributed by atoms with Crippen molar-refractivity contribution in [2.75, 3.05) is 24.8 Å². The second kappa shape index (κ2) is 10.3. The van der Waals surface area contributed by atoms with Crippen molar-refractivity contribution in [2.24, 2.45) is 0 Å². The molecule has 5 nitrogen and oxygen atoms in total. The minimum atomic E-state index is -2.47. The molecule has 0 aliphatic rings. The van der Waals surface area contributed by atoms with Crippen molar-refractivity contribution in [3.8, 4) is 0 Å². The number of benzene rings is 2. The molecule has 0 saturated heterocycles. The zero-order valence-electron chi connectivity index (χ0n) is 15.4. The molecule has 10 heteroatoms. The second-order valence-corrected chi connectivity index (χ2v) is 8.35. The molecular formula is C19H18ClF2N3O2S2. The van der Waals surface area contributed by atoms with E-state index < -0.39 is 5.76 Å². The lowest BCUT2D eigenvalue weighted by Crippen LogP contribution is -2.15. The number of methoxy groups -OCH3 is 1. The molecule has 0 bridgehead atoms. The van der Waals surface area contributed by atoms with Gasteiger partial charge in [0.2, 0.25) is 5.91 Å². The summed E-state index contributed by atoms with van der Waals surface area (Å²) in [4.78, 5) is 17.3. The number of alkyl halides is 2. The Balaban J connectivity index is 1.65. The summed E-state index contributed by atoms with van der Waals surface area (Å²) in [5, 5.41) is 4.05. The van der Waals surface area contributed by atoms with Gasteiger partial charge in [0, 0.05) is 29.3 Å². The first-order valence-corrected chi connectivity index (χ1v) is 10.8. The molecule has 1 N–H and O–H groups in total. The Labute approximate surface area is 180 Å². The van der Waals surface area contributed by atoms with Gasteiger partial charge in [-0.25, -0.2) is 4.98 Å². The van der Waals surface area contributed by atoms with Crippen LogP contribution in [0.2, 0.25) is 5.02 Å². The molecule has 29 heavy (non-hydrogen) atoms. The number of imidazole rings is 1. The molecular weight excluding hydrogens is 440 g/mol. The third-order valence-corrected chi connectivity index (χ3v) is 5.82. The van der Waals surface area contributed by atoms with E-state index in [2.05, 4.69) is 10.3 Å². The summed E-state index contributed by atoms with van der Waals surface area (Å²) in [7, 11) is 1.63. The Morgan fingerprint density at radius 3 is 2.72 bits per heavy atom. The molecule has 0 spiro atoms. The zero-order valence-corrected chi connectivity index (χ0v) is 17.8.